The molecule has 6 aromatic rings. The Bertz CT molecular complexity index is 2980. The molecule has 2 N–H and O–H groups in total. The molecule has 1 fully saturated rings. The Kier molecular flexibility index (Phi) is 10.2. The molecule has 3 atom stereocenters. The van der Waals surface area contributed by atoms with Gasteiger partial charge in [0, 0.05) is 48.1 Å². The van der Waals surface area contributed by atoms with Gasteiger partial charge >= 0.3 is 6.18 Å². The Morgan fingerprint density at radius 1 is 1.06 bits per heavy atom. The van der Waals surface area contributed by atoms with Crippen molar-refractivity contribution in [2.75, 3.05) is 11.0 Å². The Hall–Kier alpha value is -5.94. The average Bonchev–Trinajstić information content (AvgIpc) is 3.36. The van der Waals surface area contributed by atoms with Crippen LogP contribution in [0.3, 0.4) is 0 Å². The van der Waals surface area contributed by atoms with Crippen molar-refractivity contribution in [2.45, 2.75) is 69.8 Å². The van der Waals surface area contributed by atoms with Gasteiger partial charge in [-0.05, 0) is 81.3 Å². The first kappa shape index (κ1) is 42.7. The van der Waals surface area contributed by atoms with E-state index in [1.54, 1.807) is 37.5 Å². The summed E-state index contributed by atoms with van der Waals surface area (Å²) >= 11 is 6.62. The summed E-state index contributed by atoms with van der Waals surface area (Å²) in [6, 6.07) is 7.48. The van der Waals surface area contributed by atoms with Crippen LogP contribution < -0.4 is 10.0 Å². The van der Waals surface area contributed by atoms with Crippen LogP contribution in [-0.4, -0.2) is 54.7 Å². The predicted molar refractivity (Wildman–Crippen MR) is 214 cm³/mol. The summed E-state index contributed by atoms with van der Waals surface area (Å²) in [6.45, 7) is 4.39. The summed E-state index contributed by atoms with van der Waals surface area (Å²) in [5.74, 6) is -2.32. The highest BCUT2D eigenvalue weighted by atomic mass is 35.5. The standard InChI is InChI=1S/C41H35ClF7N9O3S/c1-20-50-12-13-57(20)39(2,3)11-10-24-6-7-25(26-8-9-29(42)33-35(26)56(4)54-38(33)55-62(5,60)61)34(51-24)30(16-21-14-22(43)17-23(44)15-21)52-31(59)19-58-37-32(36(53-58)41(47,48)49)27-18-28(27)40(37,45)46/h6-9,12-15,17,27-28,30H,16,18-19H2,1-5H3,(H,52,59)(H,54,55)/t27-,28?,30-/m0/s1. The number of carbonyl (C=O) groups is 1. The van der Waals surface area contributed by atoms with Crippen molar-refractivity contribution in [3.05, 3.63) is 111 Å². The van der Waals surface area contributed by atoms with Crippen LogP contribution in [0.25, 0.3) is 22.0 Å². The average molecular weight is 902 g/mol. The van der Waals surface area contributed by atoms with Gasteiger partial charge in [-0.15, -0.1) is 0 Å². The second-order valence-corrected chi connectivity index (χ2v) is 18.0. The van der Waals surface area contributed by atoms with Crippen molar-refractivity contribution in [3.63, 3.8) is 0 Å². The molecule has 2 aliphatic carbocycles. The van der Waals surface area contributed by atoms with Gasteiger partial charge in [0.25, 0.3) is 5.92 Å². The van der Waals surface area contributed by atoms with Crippen molar-refractivity contribution in [2.24, 2.45) is 13.0 Å². The van der Waals surface area contributed by atoms with Gasteiger partial charge in [0.1, 0.15) is 40.9 Å². The molecule has 2 aromatic carbocycles. The molecule has 324 valence electrons. The molecule has 1 amide bonds. The number of aryl methyl sites for hydroxylation is 2. The number of fused-ring (bicyclic) bond motifs is 4. The monoisotopic (exact) mass is 901 g/mol. The van der Waals surface area contributed by atoms with E-state index in [2.05, 4.69) is 37.1 Å². The zero-order valence-electron chi connectivity index (χ0n) is 33.3. The number of halogens is 8. The number of sulfonamides is 1. The topological polar surface area (TPSA) is 142 Å². The van der Waals surface area contributed by atoms with Gasteiger partial charge in [-0.1, -0.05) is 23.6 Å². The van der Waals surface area contributed by atoms with Crippen molar-refractivity contribution in [1.29, 1.82) is 0 Å². The molecule has 0 radical (unpaired) electrons. The number of nitrogens with one attached hydrogen (secondary N) is 2. The Morgan fingerprint density at radius 3 is 2.40 bits per heavy atom. The molecule has 4 heterocycles. The number of hydrogen-bond donors (Lipinski definition) is 2. The van der Waals surface area contributed by atoms with Crippen molar-refractivity contribution >= 4 is 44.3 Å². The first-order valence-electron chi connectivity index (χ1n) is 18.9. The fraction of sp³-hybridized carbons (Fsp3) is 0.341. The molecule has 1 unspecified atom stereocenters. The number of nitrogens with zero attached hydrogens (tertiary/aromatic N) is 7. The summed E-state index contributed by atoms with van der Waals surface area (Å²) in [7, 11) is -2.33. The molecule has 12 nitrogen and oxygen atoms in total. The van der Waals surface area contributed by atoms with E-state index in [0.717, 1.165) is 18.4 Å². The normalized spacial score (nSPS) is 17.3. The molecule has 4 aromatic heterocycles. The zero-order chi connectivity index (χ0) is 44.8. The summed E-state index contributed by atoms with van der Waals surface area (Å²) in [5, 5.41) is 10.8. The van der Waals surface area contributed by atoms with Crippen LogP contribution in [0, 0.1) is 36.3 Å². The second-order valence-electron chi connectivity index (χ2n) is 15.9. The van der Waals surface area contributed by atoms with Gasteiger partial charge in [0.05, 0.1) is 33.9 Å². The lowest BCUT2D eigenvalue weighted by molar-refractivity contribution is -0.142. The largest absolute Gasteiger partial charge is 0.435 e. The molecular weight excluding hydrogens is 867 g/mol. The van der Waals surface area contributed by atoms with Gasteiger partial charge < -0.3 is 9.88 Å². The van der Waals surface area contributed by atoms with E-state index < -0.39 is 86.6 Å². The maximum atomic E-state index is 15.5. The lowest BCUT2D eigenvalue weighted by atomic mass is 9.93. The van der Waals surface area contributed by atoms with Gasteiger partial charge in [-0.25, -0.2) is 27.2 Å². The molecule has 2 aliphatic rings. The minimum Gasteiger partial charge on any atom is -0.346 e. The third-order valence-corrected chi connectivity index (χ3v) is 11.8. The number of imidazole rings is 1. The first-order valence-corrected chi connectivity index (χ1v) is 21.2. The van der Waals surface area contributed by atoms with Gasteiger partial charge in [-0.3, -0.25) is 18.9 Å². The second kappa shape index (κ2) is 14.9. The zero-order valence-corrected chi connectivity index (χ0v) is 34.9. The highest BCUT2D eigenvalue weighted by Crippen LogP contribution is 2.68. The molecule has 8 rings (SSSR count). The van der Waals surface area contributed by atoms with E-state index in [0.29, 0.717) is 22.1 Å². The molecular formula is C41H35ClF7N9O3S. The highest BCUT2D eigenvalue weighted by molar-refractivity contribution is 7.92. The molecule has 0 aliphatic heterocycles. The molecule has 0 saturated heterocycles. The predicted octanol–water partition coefficient (Wildman–Crippen LogP) is 7.75. The minimum absolute atomic E-state index is 0.0149. The third kappa shape index (κ3) is 7.87. The Balaban J connectivity index is 1.29. The summed E-state index contributed by atoms with van der Waals surface area (Å²) in [6.07, 6.45) is -1.34. The number of benzene rings is 2. The van der Waals surface area contributed by atoms with Crippen LogP contribution in [0.5, 0.6) is 0 Å². The number of carbonyl (C=O) groups excluding carboxylic acids is 1. The highest BCUT2D eigenvalue weighted by Gasteiger charge is 2.68. The molecule has 0 bridgehead atoms. The third-order valence-electron chi connectivity index (χ3n) is 10.9. The van der Waals surface area contributed by atoms with E-state index in [9.17, 15) is 35.2 Å². The number of anilines is 1. The van der Waals surface area contributed by atoms with Gasteiger partial charge in [0.2, 0.25) is 15.9 Å². The van der Waals surface area contributed by atoms with Crippen LogP contribution in [-0.2, 0) is 52.5 Å². The van der Waals surface area contributed by atoms with Crippen molar-refractivity contribution in [1.82, 2.24) is 39.4 Å². The Labute approximate surface area is 354 Å². The van der Waals surface area contributed by atoms with E-state index >= 15 is 8.78 Å². The van der Waals surface area contributed by atoms with Crippen LogP contribution >= 0.6 is 11.6 Å². The smallest absolute Gasteiger partial charge is 0.346 e. The number of pyridine rings is 1. The fourth-order valence-electron chi connectivity index (χ4n) is 8.28. The molecule has 0 spiro atoms. The summed E-state index contributed by atoms with van der Waals surface area (Å²) in [5.41, 5.74) is -2.89. The number of hydrogen-bond acceptors (Lipinski definition) is 7. The van der Waals surface area contributed by atoms with E-state index in [1.165, 1.54) is 17.8 Å². The van der Waals surface area contributed by atoms with E-state index in [-0.39, 0.29) is 57.1 Å². The number of amides is 1. The van der Waals surface area contributed by atoms with Crippen LogP contribution in [0.15, 0.2) is 54.9 Å². The number of aromatic nitrogens is 7. The molecule has 21 heteroatoms. The summed E-state index contributed by atoms with van der Waals surface area (Å²) in [4.78, 5) is 23.2. The summed E-state index contributed by atoms with van der Waals surface area (Å²) < 4.78 is 133. The van der Waals surface area contributed by atoms with Crippen molar-refractivity contribution in [3.8, 4) is 23.0 Å². The fourth-order valence-corrected chi connectivity index (χ4v) is 9.01. The maximum Gasteiger partial charge on any atom is 0.435 e. The maximum absolute atomic E-state index is 15.5. The minimum atomic E-state index is -5.08. The lowest BCUT2D eigenvalue weighted by Gasteiger charge is -2.23. The van der Waals surface area contributed by atoms with E-state index in [4.69, 9.17) is 16.6 Å². The number of alkyl halides is 5. The van der Waals surface area contributed by atoms with E-state index in [1.807, 2.05) is 18.4 Å². The van der Waals surface area contributed by atoms with Crippen LogP contribution in [0.2, 0.25) is 5.02 Å². The quantitative estimate of drug-likeness (QED) is 0.106. The molecule has 62 heavy (non-hydrogen) atoms. The van der Waals surface area contributed by atoms with Gasteiger partial charge in [-0.2, -0.15) is 32.1 Å². The van der Waals surface area contributed by atoms with Gasteiger partial charge in [0.15, 0.2) is 11.5 Å². The van der Waals surface area contributed by atoms with Crippen molar-refractivity contribution < 1.29 is 43.9 Å². The molecule has 1 saturated carbocycles. The number of rotatable bonds is 10. The Morgan fingerprint density at radius 2 is 1.76 bits per heavy atom. The van der Waals surface area contributed by atoms with Crippen LogP contribution in [0.1, 0.15) is 72.0 Å². The first-order chi connectivity index (χ1) is 28.9. The SMILES string of the molecule is Cc1nccn1C(C)(C)C#Cc1ccc(-c2ccc(Cl)c3c(NS(C)(=O)=O)nn(C)c23)c([C@H](Cc2cc(F)cc(F)c2)NC(=O)Cn2nc(C(F)(F)F)c3c2C(F)(F)C2C[C@H]32)n1. The lowest BCUT2D eigenvalue weighted by Crippen LogP contribution is -2.35. The van der Waals surface area contributed by atoms with Crippen LogP contribution in [0.4, 0.5) is 36.6 Å².